The second kappa shape index (κ2) is 6.20. The quantitative estimate of drug-likeness (QED) is 0.415. The highest BCUT2D eigenvalue weighted by Crippen LogP contribution is 2.21. The number of nitro benzene ring substituents is 1. The topological polar surface area (TPSA) is 78.8 Å². The maximum absolute atomic E-state index is 11.0. The molecule has 4 aromatic rings. The molecule has 2 aromatic heterocycles. The van der Waals surface area contributed by atoms with Crippen molar-refractivity contribution in [3.8, 4) is 0 Å². The lowest BCUT2D eigenvalue weighted by Gasteiger charge is -2.09. The van der Waals surface area contributed by atoms with E-state index in [0.717, 1.165) is 23.3 Å². The van der Waals surface area contributed by atoms with E-state index in [-0.39, 0.29) is 5.69 Å². The first-order valence-electron chi connectivity index (χ1n) is 7.84. The van der Waals surface area contributed by atoms with Gasteiger partial charge in [0.15, 0.2) is 0 Å². The number of hydrogen-bond acceptors (Lipinski definition) is 4. The van der Waals surface area contributed by atoms with Crippen LogP contribution < -0.4 is 0 Å². The van der Waals surface area contributed by atoms with Crippen LogP contribution in [0.3, 0.4) is 0 Å². The Morgan fingerprint density at radius 2 is 1.92 bits per heavy atom. The first-order valence-corrected chi connectivity index (χ1v) is 7.84. The molecule has 7 nitrogen and oxygen atoms in total. The zero-order chi connectivity index (χ0) is 17.2. The molecule has 0 unspecified atom stereocenters. The van der Waals surface area contributed by atoms with Gasteiger partial charge in [0, 0.05) is 36.5 Å². The average Bonchev–Trinajstić information content (AvgIpc) is 3.23. The zero-order valence-electron chi connectivity index (χ0n) is 13.3. The summed E-state index contributed by atoms with van der Waals surface area (Å²) in [4.78, 5) is 15.0. The van der Waals surface area contributed by atoms with Gasteiger partial charge >= 0.3 is 0 Å². The van der Waals surface area contributed by atoms with Crippen molar-refractivity contribution < 1.29 is 4.92 Å². The van der Waals surface area contributed by atoms with E-state index in [9.17, 15) is 10.1 Å². The van der Waals surface area contributed by atoms with E-state index >= 15 is 0 Å². The summed E-state index contributed by atoms with van der Waals surface area (Å²) in [7, 11) is 0. The third-order valence-electron chi connectivity index (χ3n) is 4.13. The lowest BCUT2D eigenvalue weighted by molar-refractivity contribution is -0.384. The first kappa shape index (κ1) is 15.1. The molecule has 0 aliphatic carbocycles. The molecule has 4 rings (SSSR count). The van der Waals surface area contributed by atoms with Crippen LogP contribution in [-0.2, 0) is 13.1 Å². The standard InChI is InChI=1S/C18H15N5O2/c24-23(25)16-7-6-15-11-20-22(17(15)10-16)13-18-19-8-9-21(18)12-14-4-2-1-3-5-14/h1-11H,12-13H2. The predicted octanol–water partition coefficient (Wildman–Crippen LogP) is 3.24. The maximum atomic E-state index is 11.0. The number of non-ortho nitro benzene ring substituents is 1. The minimum Gasteiger partial charge on any atom is -0.329 e. The molecule has 0 saturated heterocycles. The Bertz CT molecular complexity index is 1040. The van der Waals surface area contributed by atoms with Crippen LogP contribution in [-0.4, -0.2) is 24.3 Å². The molecule has 0 aliphatic heterocycles. The van der Waals surface area contributed by atoms with E-state index < -0.39 is 4.92 Å². The molecule has 0 spiro atoms. The largest absolute Gasteiger partial charge is 0.329 e. The molecule has 0 saturated carbocycles. The monoisotopic (exact) mass is 333 g/mol. The molecular formula is C18H15N5O2. The van der Waals surface area contributed by atoms with Gasteiger partial charge in [0.1, 0.15) is 5.82 Å². The molecule has 0 amide bonds. The van der Waals surface area contributed by atoms with E-state index in [0.29, 0.717) is 6.54 Å². The van der Waals surface area contributed by atoms with Crippen molar-refractivity contribution >= 4 is 16.6 Å². The number of fused-ring (bicyclic) bond motifs is 1. The number of nitrogens with zero attached hydrogens (tertiary/aromatic N) is 5. The van der Waals surface area contributed by atoms with Crippen LogP contribution in [0.2, 0.25) is 0 Å². The normalized spacial score (nSPS) is 11.0. The van der Waals surface area contributed by atoms with Gasteiger partial charge in [0.05, 0.1) is 23.2 Å². The number of nitro groups is 1. The lowest BCUT2D eigenvalue weighted by atomic mass is 10.2. The highest BCUT2D eigenvalue weighted by atomic mass is 16.6. The van der Waals surface area contributed by atoms with Gasteiger partial charge in [-0.15, -0.1) is 0 Å². The summed E-state index contributed by atoms with van der Waals surface area (Å²) >= 11 is 0. The Hall–Kier alpha value is -3.48. The van der Waals surface area contributed by atoms with E-state index in [1.54, 1.807) is 29.2 Å². The second-order valence-electron chi connectivity index (χ2n) is 5.76. The van der Waals surface area contributed by atoms with Crippen molar-refractivity contribution in [2.75, 3.05) is 0 Å². The highest BCUT2D eigenvalue weighted by molar-refractivity contribution is 5.81. The van der Waals surface area contributed by atoms with Crippen LogP contribution >= 0.6 is 0 Å². The SMILES string of the molecule is O=[N+]([O-])c1ccc2cnn(Cc3nccn3Cc3ccccc3)c2c1. The molecule has 124 valence electrons. The first-order chi connectivity index (χ1) is 12.2. The van der Waals surface area contributed by atoms with Gasteiger partial charge in [0.25, 0.3) is 5.69 Å². The Morgan fingerprint density at radius 1 is 1.08 bits per heavy atom. The summed E-state index contributed by atoms with van der Waals surface area (Å²) in [6, 6.07) is 14.9. The maximum Gasteiger partial charge on any atom is 0.271 e. The summed E-state index contributed by atoms with van der Waals surface area (Å²) in [5.41, 5.74) is 1.97. The molecule has 7 heteroatoms. The molecule has 2 heterocycles. The molecule has 0 bridgehead atoms. The van der Waals surface area contributed by atoms with Gasteiger partial charge in [-0.1, -0.05) is 30.3 Å². The minimum atomic E-state index is -0.396. The summed E-state index contributed by atoms with van der Waals surface area (Å²) < 4.78 is 3.80. The molecule has 0 atom stereocenters. The molecule has 2 aromatic carbocycles. The predicted molar refractivity (Wildman–Crippen MR) is 93.3 cm³/mol. The van der Waals surface area contributed by atoms with Crippen molar-refractivity contribution in [1.29, 1.82) is 0 Å². The van der Waals surface area contributed by atoms with Crippen LogP contribution in [0.5, 0.6) is 0 Å². The highest BCUT2D eigenvalue weighted by Gasteiger charge is 2.12. The Kier molecular flexibility index (Phi) is 3.74. The molecule has 0 N–H and O–H groups in total. The lowest BCUT2D eigenvalue weighted by Crippen LogP contribution is -2.10. The third-order valence-corrected chi connectivity index (χ3v) is 4.13. The van der Waals surface area contributed by atoms with E-state index in [2.05, 4.69) is 26.8 Å². The molecular weight excluding hydrogens is 318 g/mol. The van der Waals surface area contributed by atoms with Crippen molar-refractivity contribution in [2.45, 2.75) is 13.1 Å². The van der Waals surface area contributed by atoms with Crippen molar-refractivity contribution in [3.63, 3.8) is 0 Å². The summed E-state index contributed by atoms with van der Waals surface area (Å²) in [6.07, 6.45) is 5.40. The molecule has 0 radical (unpaired) electrons. The molecule has 25 heavy (non-hydrogen) atoms. The van der Waals surface area contributed by atoms with Crippen molar-refractivity contribution in [2.24, 2.45) is 0 Å². The van der Waals surface area contributed by atoms with E-state index in [1.165, 1.54) is 11.6 Å². The second-order valence-corrected chi connectivity index (χ2v) is 5.76. The van der Waals surface area contributed by atoms with Crippen LogP contribution in [0.15, 0.2) is 67.1 Å². The molecule has 0 aliphatic rings. The summed E-state index contributed by atoms with van der Waals surface area (Å²) in [6.45, 7) is 1.17. The Balaban J connectivity index is 1.65. The van der Waals surface area contributed by atoms with Gasteiger partial charge in [-0.3, -0.25) is 14.8 Å². The fraction of sp³-hybridized carbons (Fsp3) is 0.111. The fourth-order valence-corrected chi connectivity index (χ4v) is 2.85. The number of benzene rings is 2. The number of imidazole rings is 1. The van der Waals surface area contributed by atoms with E-state index in [1.807, 2.05) is 24.4 Å². The molecule has 0 fully saturated rings. The zero-order valence-corrected chi connectivity index (χ0v) is 13.3. The fourth-order valence-electron chi connectivity index (χ4n) is 2.85. The summed E-state index contributed by atoms with van der Waals surface area (Å²) in [5, 5.41) is 16.2. The summed E-state index contributed by atoms with van der Waals surface area (Å²) in [5.74, 6) is 0.848. The van der Waals surface area contributed by atoms with Gasteiger partial charge in [0.2, 0.25) is 0 Å². The van der Waals surface area contributed by atoms with Crippen LogP contribution in [0.25, 0.3) is 10.9 Å². The third kappa shape index (κ3) is 2.99. The minimum absolute atomic E-state index is 0.0573. The van der Waals surface area contributed by atoms with Crippen LogP contribution in [0, 0.1) is 10.1 Å². The number of rotatable bonds is 5. The van der Waals surface area contributed by atoms with Crippen LogP contribution in [0.1, 0.15) is 11.4 Å². The van der Waals surface area contributed by atoms with Gasteiger partial charge in [-0.05, 0) is 11.6 Å². The van der Waals surface area contributed by atoms with E-state index in [4.69, 9.17) is 0 Å². The Labute approximate surface area is 143 Å². The average molecular weight is 333 g/mol. The number of hydrogen-bond donors (Lipinski definition) is 0. The number of aromatic nitrogens is 4. The Morgan fingerprint density at radius 3 is 2.72 bits per heavy atom. The van der Waals surface area contributed by atoms with Crippen molar-refractivity contribution in [3.05, 3.63) is 88.6 Å². The van der Waals surface area contributed by atoms with Crippen LogP contribution in [0.4, 0.5) is 5.69 Å². The van der Waals surface area contributed by atoms with Gasteiger partial charge in [-0.2, -0.15) is 5.10 Å². The smallest absolute Gasteiger partial charge is 0.271 e. The van der Waals surface area contributed by atoms with Gasteiger partial charge in [-0.25, -0.2) is 4.98 Å². The van der Waals surface area contributed by atoms with Crippen molar-refractivity contribution in [1.82, 2.24) is 19.3 Å². The van der Waals surface area contributed by atoms with Gasteiger partial charge < -0.3 is 4.57 Å².